The Morgan fingerprint density at radius 2 is 2.07 bits per heavy atom. The molecule has 0 aliphatic carbocycles. The van der Waals surface area contributed by atoms with E-state index in [1.54, 1.807) is 6.07 Å². The number of carbonyl (C=O) groups excluding carboxylic acids is 1. The molecule has 0 bridgehead atoms. The number of ether oxygens (including phenoxy) is 3. The molecule has 1 saturated heterocycles. The molecular weight excluding hydrogens is 364 g/mol. The smallest absolute Gasteiger partial charge is 0.335 e. The van der Waals surface area contributed by atoms with Crippen LogP contribution < -0.4 is 14.8 Å². The molecule has 8 heteroatoms. The number of amides is 1. The molecule has 1 aliphatic heterocycles. The van der Waals surface area contributed by atoms with E-state index in [0.29, 0.717) is 30.4 Å². The fraction of sp³-hybridized carbons (Fsp3) is 0.350. The van der Waals surface area contributed by atoms with Crippen LogP contribution in [0.3, 0.4) is 0 Å². The first-order valence-electron chi connectivity index (χ1n) is 8.98. The number of carbonyl (C=O) groups is 2. The van der Waals surface area contributed by atoms with Crippen molar-refractivity contribution >= 4 is 17.6 Å². The SMILES string of the molecule is CC(C)Oc1ccc(C(=O)O)cc1NC(=O)c1ccnc(OC2CCOC2)c1. The van der Waals surface area contributed by atoms with Gasteiger partial charge in [-0.1, -0.05) is 0 Å². The van der Waals surface area contributed by atoms with Gasteiger partial charge in [-0.05, 0) is 38.1 Å². The van der Waals surface area contributed by atoms with E-state index in [4.69, 9.17) is 14.2 Å². The molecule has 1 fully saturated rings. The second-order valence-corrected chi connectivity index (χ2v) is 6.62. The van der Waals surface area contributed by atoms with E-state index in [-0.39, 0.29) is 23.5 Å². The Balaban J connectivity index is 1.79. The highest BCUT2D eigenvalue weighted by atomic mass is 16.5. The molecule has 1 atom stereocenters. The fourth-order valence-corrected chi connectivity index (χ4v) is 2.70. The molecule has 0 saturated carbocycles. The van der Waals surface area contributed by atoms with Gasteiger partial charge in [0.2, 0.25) is 5.88 Å². The lowest BCUT2D eigenvalue weighted by Gasteiger charge is -2.16. The Labute approximate surface area is 162 Å². The van der Waals surface area contributed by atoms with E-state index < -0.39 is 11.9 Å². The van der Waals surface area contributed by atoms with E-state index in [1.807, 2.05) is 13.8 Å². The molecule has 0 radical (unpaired) electrons. The first-order valence-corrected chi connectivity index (χ1v) is 8.98. The number of aromatic nitrogens is 1. The maximum Gasteiger partial charge on any atom is 0.335 e. The molecule has 1 amide bonds. The summed E-state index contributed by atoms with van der Waals surface area (Å²) in [5.74, 6) is -0.792. The van der Waals surface area contributed by atoms with Crippen LogP contribution in [0.5, 0.6) is 11.6 Å². The predicted molar refractivity (Wildman–Crippen MR) is 101 cm³/mol. The van der Waals surface area contributed by atoms with Crippen molar-refractivity contribution in [3.05, 3.63) is 47.7 Å². The van der Waals surface area contributed by atoms with Crippen LogP contribution in [0.1, 0.15) is 41.0 Å². The summed E-state index contributed by atoms with van der Waals surface area (Å²) in [6.45, 7) is 4.82. The minimum absolute atomic E-state index is 0.0476. The summed E-state index contributed by atoms with van der Waals surface area (Å²) in [6, 6.07) is 7.42. The van der Waals surface area contributed by atoms with Crippen molar-refractivity contribution in [2.24, 2.45) is 0 Å². The minimum atomic E-state index is -1.09. The first kappa shape index (κ1) is 19.6. The van der Waals surface area contributed by atoms with Gasteiger partial charge in [-0.3, -0.25) is 4.79 Å². The average molecular weight is 386 g/mol. The van der Waals surface area contributed by atoms with Gasteiger partial charge < -0.3 is 24.6 Å². The maximum absolute atomic E-state index is 12.7. The highest BCUT2D eigenvalue weighted by Gasteiger charge is 2.19. The van der Waals surface area contributed by atoms with Crippen LogP contribution in [0.15, 0.2) is 36.5 Å². The average Bonchev–Trinajstić information content (AvgIpc) is 3.15. The molecule has 28 heavy (non-hydrogen) atoms. The third-order valence-corrected chi connectivity index (χ3v) is 4.01. The van der Waals surface area contributed by atoms with Crippen molar-refractivity contribution in [2.45, 2.75) is 32.5 Å². The minimum Gasteiger partial charge on any atom is -0.489 e. The number of carboxylic acid groups (broad SMARTS) is 1. The van der Waals surface area contributed by atoms with Crippen LogP contribution in [0, 0.1) is 0 Å². The van der Waals surface area contributed by atoms with E-state index in [1.165, 1.54) is 30.5 Å². The Morgan fingerprint density at radius 3 is 2.75 bits per heavy atom. The molecule has 1 aromatic carbocycles. The third kappa shape index (κ3) is 4.98. The Hall–Kier alpha value is -3.13. The summed E-state index contributed by atoms with van der Waals surface area (Å²) < 4.78 is 16.7. The lowest BCUT2D eigenvalue weighted by Crippen LogP contribution is -2.18. The molecule has 1 unspecified atom stereocenters. The molecule has 148 valence electrons. The summed E-state index contributed by atoms with van der Waals surface area (Å²) in [7, 11) is 0. The van der Waals surface area contributed by atoms with Gasteiger partial charge in [0.15, 0.2) is 0 Å². The number of aromatic carboxylic acids is 1. The van der Waals surface area contributed by atoms with Crippen LogP contribution in [-0.4, -0.2) is 47.4 Å². The Morgan fingerprint density at radius 1 is 1.25 bits per heavy atom. The molecule has 2 N–H and O–H groups in total. The highest BCUT2D eigenvalue weighted by molar-refractivity contribution is 6.05. The third-order valence-electron chi connectivity index (χ3n) is 4.01. The van der Waals surface area contributed by atoms with Crippen molar-refractivity contribution < 1.29 is 28.9 Å². The fourth-order valence-electron chi connectivity index (χ4n) is 2.70. The number of benzene rings is 1. The monoisotopic (exact) mass is 386 g/mol. The van der Waals surface area contributed by atoms with Crippen molar-refractivity contribution in [3.63, 3.8) is 0 Å². The zero-order valence-electron chi connectivity index (χ0n) is 15.7. The number of hydrogen-bond acceptors (Lipinski definition) is 6. The zero-order valence-corrected chi connectivity index (χ0v) is 15.7. The maximum atomic E-state index is 12.7. The topological polar surface area (TPSA) is 107 Å². The number of anilines is 1. The summed E-state index contributed by atoms with van der Waals surface area (Å²) in [4.78, 5) is 28.1. The van der Waals surface area contributed by atoms with Gasteiger partial charge in [0.05, 0.1) is 30.6 Å². The van der Waals surface area contributed by atoms with Crippen LogP contribution in [-0.2, 0) is 4.74 Å². The van der Waals surface area contributed by atoms with Crippen LogP contribution in [0.25, 0.3) is 0 Å². The largest absolute Gasteiger partial charge is 0.489 e. The second-order valence-electron chi connectivity index (χ2n) is 6.62. The van der Waals surface area contributed by atoms with E-state index in [9.17, 15) is 14.7 Å². The van der Waals surface area contributed by atoms with Crippen molar-refractivity contribution in [1.29, 1.82) is 0 Å². The van der Waals surface area contributed by atoms with E-state index in [2.05, 4.69) is 10.3 Å². The highest BCUT2D eigenvalue weighted by Crippen LogP contribution is 2.28. The van der Waals surface area contributed by atoms with Gasteiger partial charge in [0.1, 0.15) is 11.9 Å². The van der Waals surface area contributed by atoms with Gasteiger partial charge in [-0.15, -0.1) is 0 Å². The normalized spacial score (nSPS) is 16.0. The Kier molecular flexibility index (Phi) is 6.10. The first-order chi connectivity index (χ1) is 13.4. The molecular formula is C20H22N2O6. The van der Waals surface area contributed by atoms with Gasteiger partial charge in [-0.25, -0.2) is 9.78 Å². The molecule has 1 aromatic heterocycles. The number of carboxylic acids is 1. The van der Waals surface area contributed by atoms with Crippen molar-refractivity contribution in [3.8, 4) is 11.6 Å². The number of nitrogens with zero attached hydrogens (tertiary/aromatic N) is 1. The van der Waals surface area contributed by atoms with Gasteiger partial charge >= 0.3 is 5.97 Å². The predicted octanol–water partition coefficient (Wildman–Crippen LogP) is 2.99. The number of hydrogen-bond donors (Lipinski definition) is 2. The summed E-state index contributed by atoms with van der Waals surface area (Å²) >= 11 is 0. The molecule has 8 nitrogen and oxygen atoms in total. The van der Waals surface area contributed by atoms with E-state index >= 15 is 0 Å². The zero-order chi connectivity index (χ0) is 20.1. The van der Waals surface area contributed by atoms with Crippen molar-refractivity contribution in [1.82, 2.24) is 4.98 Å². The number of rotatable bonds is 7. The van der Waals surface area contributed by atoms with Crippen LogP contribution in [0.4, 0.5) is 5.69 Å². The van der Waals surface area contributed by atoms with Gasteiger partial charge in [0, 0.05) is 24.2 Å². The number of pyridine rings is 1. The van der Waals surface area contributed by atoms with E-state index in [0.717, 1.165) is 6.42 Å². The molecule has 2 aromatic rings. The van der Waals surface area contributed by atoms with Crippen molar-refractivity contribution in [2.75, 3.05) is 18.5 Å². The number of nitrogens with one attached hydrogen (secondary N) is 1. The molecule has 2 heterocycles. The quantitative estimate of drug-likeness (QED) is 0.753. The standard InChI is InChI=1S/C20H22N2O6/c1-12(2)27-17-4-3-14(20(24)25)9-16(17)22-19(23)13-5-7-21-18(10-13)28-15-6-8-26-11-15/h3-5,7,9-10,12,15H,6,8,11H2,1-2H3,(H,22,23)(H,24,25). The van der Waals surface area contributed by atoms with Gasteiger partial charge in [0.25, 0.3) is 5.91 Å². The van der Waals surface area contributed by atoms with Crippen LogP contribution >= 0.6 is 0 Å². The molecule has 0 spiro atoms. The summed E-state index contributed by atoms with van der Waals surface area (Å²) in [5.41, 5.74) is 0.661. The lowest BCUT2D eigenvalue weighted by molar-refractivity contribution is 0.0696. The Bertz CT molecular complexity index is 862. The summed E-state index contributed by atoms with van der Waals surface area (Å²) in [5, 5.41) is 11.9. The van der Waals surface area contributed by atoms with Gasteiger partial charge in [-0.2, -0.15) is 0 Å². The van der Waals surface area contributed by atoms with Crippen LogP contribution in [0.2, 0.25) is 0 Å². The second kappa shape index (κ2) is 8.71. The molecule has 1 aliphatic rings. The summed E-state index contributed by atoms with van der Waals surface area (Å²) in [6.07, 6.45) is 2.04. The molecule has 3 rings (SSSR count). The lowest BCUT2D eigenvalue weighted by atomic mass is 10.1.